The van der Waals surface area contributed by atoms with Crippen molar-refractivity contribution in [2.24, 2.45) is 0 Å². The Morgan fingerprint density at radius 3 is 1.95 bits per heavy atom. The second-order valence-corrected chi connectivity index (χ2v) is 5.09. The third-order valence-electron chi connectivity index (χ3n) is 3.80. The van der Waals surface area contributed by atoms with Crippen molar-refractivity contribution in [3.63, 3.8) is 0 Å². The van der Waals surface area contributed by atoms with E-state index in [0.717, 1.165) is 24.1 Å². The summed E-state index contributed by atoms with van der Waals surface area (Å²) in [5.41, 5.74) is 2.28. The average molecular weight is 283 g/mol. The van der Waals surface area contributed by atoms with Crippen LogP contribution in [0.5, 0.6) is 0 Å². The monoisotopic (exact) mass is 283 g/mol. The molecule has 3 rings (SSSR count). The summed E-state index contributed by atoms with van der Waals surface area (Å²) < 4.78 is 4.97. The first kappa shape index (κ1) is 13.6. The minimum atomic E-state index is -1.22. The first-order valence-electron chi connectivity index (χ1n) is 7.01. The largest absolute Gasteiger partial charge is 0.507 e. The second-order valence-electron chi connectivity index (χ2n) is 5.09. The summed E-state index contributed by atoms with van der Waals surface area (Å²) in [7, 11) is 0. The average Bonchev–Trinajstić information content (AvgIpc) is 2.50. The van der Waals surface area contributed by atoms with Gasteiger partial charge in [-0.25, -0.2) is 4.79 Å². The molecule has 0 spiro atoms. The van der Waals surface area contributed by atoms with Crippen molar-refractivity contribution in [3.8, 4) is 0 Å². The Bertz CT molecular complexity index is 560. The molecular weight excluding hydrogens is 266 g/mol. The first-order valence-corrected chi connectivity index (χ1v) is 7.01. The number of hydrogen-bond acceptors (Lipinski definition) is 3. The molecule has 1 fully saturated rings. The van der Waals surface area contributed by atoms with Crippen LogP contribution in [0.15, 0.2) is 60.7 Å². The molecule has 0 saturated carbocycles. The highest BCUT2D eigenvalue weighted by molar-refractivity contribution is 5.57. The van der Waals surface area contributed by atoms with Gasteiger partial charge in [-0.3, -0.25) is 4.90 Å². The minimum absolute atomic E-state index is 0.0190. The number of ether oxygens (including phenoxy) is 1. The fraction of sp³-hybridized carbons (Fsp3) is 0.235. The van der Waals surface area contributed by atoms with Crippen LogP contribution >= 0.6 is 0 Å². The molecule has 0 aliphatic carbocycles. The summed E-state index contributed by atoms with van der Waals surface area (Å²) in [5.74, 6) is 0. The number of likely N-dealkylation sites (tertiary alicyclic amines) is 1. The lowest BCUT2D eigenvalue weighted by atomic mass is 9.94. The lowest BCUT2D eigenvalue weighted by Gasteiger charge is -2.44. The number of rotatable bonds is 4. The molecule has 2 aromatic rings. The summed E-state index contributed by atoms with van der Waals surface area (Å²) in [6, 6.07) is 20.2. The molecule has 1 N–H and O–H groups in total. The smallest absolute Gasteiger partial charge is 0.450 e. The maximum atomic E-state index is 10.8. The molecule has 4 heteroatoms. The fourth-order valence-electron chi connectivity index (χ4n) is 2.77. The SMILES string of the molecule is O=C(O)OC1CCN1C(c1ccccc1)c1ccccc1. The van der Waals surface area contributed by atoms with Crippen LogP contribution in [0.2, 0.25) is 0 Å². The number of carbonyl (C=O) groups is 1. The van der Waals surface area contributed by atoms with Crippen LogP contribution in [0.1, 0.15) is 23.6 Å². The third kappa shape index (κ3) is 2.90. The standard InChI is InChI=1S/C17H17NO3/c19-17(20)21-15-11-12-18(15)16(13-7-3-1-4-8-13)14-9-5-2-6-10-14/h1-10,15-16H,11-12H2,(H,19,20). The Morgan fingerprint density at radius 1 is 1.05 bits per heavy atom. The Hall–Kier alpha value is -2.33. The van der Waals surface area contributed by atoms with E-state index in [-0.39, 0.29) is 12.3 Å². The van der Waals surface area contributed by atoms with Crippen molar-refractivity contribution in [1.82, 2.24) is 4.90 Å². The van der Waals surface area contributed by atoms with Gasteiger partial charge in [0, 0.05) is 13.0 Å². The topological polar surface area (TPSA) is 49.8 Å². The van der Waals surface area contributed by atoms with Crippen LogP contribution in [0.3, 0.4) is 0 Å². The van der Waals surface area contributed by atoms with Gasteiger partial charge < -0.3 is 9.84 Å². The molecule has 2 aromatic carbocycles. The van der Waals surface area contributed by atoms with E-state index in [0.29, 0.717) is 0 Å². The zero-order valence-corrected chi connectivity index (χ0v) is 11.6. The normalized spacial score (nSPS) is 18.2. The van der Waals surface area contributed by atoms with E-state index in [1.807, 2.05) is 36.4 Å². The zero-order valence-electron chi connectivity index (χ0n) is 11.6. The number of carboxylic acid groups (broad SMARTS) is 1. The van der Waals surface area contributed by atoms with E-state index in [9.17, 15) is 4.79 Å². The van der Waals surface area contributed by atoms with Crippen molar-refractivity contribution in [1.29, 1.82) is 0 Å². The van der Waals surface area contributed by atoms with Gasteiger partial charge in [0.05, 0.1) is 6.04 Å². The molecule has 1 saturated heterocycles. The fourth-order valence-corrected chi connectivity index (χ4v) is 2.77. The molecule has 0 aromatic heterocycles. The molecule has 0 radical (unpaired) electrons. The summed E-state index contributed by atoms with van der Waals surface area (Å²) in [6.45, 7) is 0.826. The van der Waals surface area contributed by atoms with Crippen molar-refractivity contribution in [3.05, 3.63) is 71.8 Å². The van der Waals surface area contributed by atoms with E-state index in [1.165, 1.54) is 0 Å². The third-order valence-corrected chi connectivity index (χ3v) is 3.80. The van der Waals surface area contributed by atoms with Gasteiger partial charge in [0.1, 0.15) is 0 Å². The molecule has 0 bridgehead atoms. The Labute approximate surface area is 123 Å². The predicted octanol–water partition coefficient (Wildman–Crippen LogP) is 3.50. The van der Waals surface area contributed by atoms with Gasteiger partial charge in [-0.15, -0.1) is 0 Å². The highest BCUT2D eigenvalue weighted by Crippen LogP contribution is 2.36. The highest BCUT2D eigenvalue weighted by atomic mass is 16.7. The van der Waals surface area contributed by atoms with E-state index in [4.69, 9.17) is 9.84 Å². The second kappa shape index (κ2) is 5.97. The van der Waals surface area contributed by atoms with E-state index < -0.39 is 6.16 Å². The molecule has 1 aliphatic heterocycles. The predicted molar refractivity (Wildman–Crippen MR) is 78.9 cm³/mol. The maximum Gasteiger partial charge on any atom is 0.507 e. The number of hydrogen-bond donors (Lipinski definition) is 1. The van der Waals surface area contributed by atoms with Crippen LogP contribution in [0.25, 0.3) is 0 Å². The number of nitrogens with zero attached hydrogens (tertiary/aromatic N) is 1. The van der Waals surface area contributed by atoms with Gasteiger partial charge >= 0.3 is 6.16 Å². The summed E-state index contributed by atoms with van der Waals surface area (Å²) in [6.07, 6.45) is -0.847. The van der Waals surface area contributed by atoms with Gasteiger partial charge in [0.25, 0.3) is 0 Å². The lowest BCUT2D eigenvalue weighted by molar-refractivity contribution is -0.110. The molecule has 108 valence electrons. The molecule has 4 nitrogen and oxygen atoms in total. The maximum absolute atomic E-state index is 10.8. The Morgan fingerprint density at radius 2 is 1.57 bits per heavy atom. The van der Waals surface area contributed by atoms with E-state index >= 15 is 0 Å². The van der Waals surface area contributed by atoms with E-state index in [2.05, 4.69) is 29.2 Å². The first-order chi connectivity index (χ1) is 10.3. The Balaban J connectivity index is 1.92. The molecule has 1 aliphatic rings. The quantitative estimate of drug-likeness (QED) is 0.872. The highest BCUT2D eigenvalue weighted by Gasteiger charge is 2.38. The molecule has 0 amide bonds. The van der Waals surface area contributed by atoms with Crippen LogP contribution < -0.4 is 0 Å². The summed E-state index contributed by atoms with van der Waals surface area (Å²) in [5, 5.41) is 8.84. The van der Waals surface area contributed by atoms with Gasteiger partial charge in [-0.05, 0) is 11.1 Å². The minimum Gasteiger partial charge on any atom is -0.450 e. The molecule has 21 heavy (non-hydrogen) atoms. The number of benzene rings is 2. The van der Waals surface area contributed by atoms with Gasteiger partial charge in [-0.1, -0.05) is 60.7 Å². The summed E-state index contributed by atoms with van der Waals surface area (Å²) in [4.78, 5) is 12.9. The summed E-state index contributed by atoms with van der Waals surface area (Å²) >= 11 is 0. The van der Waals surface area contributed by atoms with Crippen molar-refractivity contribution >= 4 is 6.16 Å². The van der Waals surface area contributed by atoms with Crippen LogP contribution in [-0.2, 0) is 4.74 Å². The van der Waals surface area contributed by atoms with Crippen LogP contribution in [0, 0.1) is 0 Å². The van der Waals surface area contributed by atoms with Crippen molar-refractivity contribution < 1.29 is 14.6 Å². The van der Waals surface area contributed by atoms with Crippen LogP contribution in [0.4, 0.5) is 4.79 Å². The molecule has 1 unspecified atom stereocenters. The van der Waals surface area contributed by atoms with Crippen molar-refractivity contribution in [2.45, 2.75) is 18.7 Å². The van der Waals surface area contributed by atoms with Gasteiger partial charge in [0.15, 0.2) is 6.23 Å². The molecule has 1 heterocycles. The Kier molecular flexibility index (Phi) is 3.88. The van der Waals surface area contributed by atoms with Gasteiger partial charge in [0.2, 0.25) is 0 Å². The van der Waals surface area contributed by atoms with E-state index in [1.54, 1.807) is 0 Å². The van der Waals surface area contributed by atoms with Gasteiger partial charge in [-0.2, -0.15) is 0 Å². The zero-order chi connectivity index (χ0) is 14.7. The molecular formula is C17H17NO3. The molecule has 1 atom stereocenters. The lowest BCUT2D eigenvalue weighted by Crippen LogP contribution is -2.51. The van der Waals surface area contributed by atoms with Crippen molar-refractivity contribution in [2.75, 3.05) is 6.54 Å². The van der Waals surface area contributed by atoms with Crippen LogP contribution in [-0.4, -0.2) is 28.9 Å².